The number of hydrogen-bond acceptors (Lipinski definition) is 4. The summed E-state index contributed by atoms with van der Waals surface area (Å²) in [5.74, 6) is 0.513. The standard InChI is InChI=1S/C28H31N3OS/c29-17-22-14-21(15-24(27(22)30)26-16-20-8-4-5-9-25(20)33-26)28(32)31-23-12-10-19(11-13-23)18-6-2-1-3-7-18/h5,9-16,18H,1-4,6-8,17,29-30H2,(H,31,32). The van der Waals surface area contributed by atoms with E-state index < -0.39 is 0 Å². The molecule has 1 saturated carbocycles. The van der Waals surface area contributed by atoms with Crippen LogP contribution >= 0.6 is 11.3 Å². The van der Waals surface area contributed by atoms with Gasteiger partial charge in [-0.2, -0.15) is 0 Å². The largest absolute Gasteiger partial charge is 0.398 e. The van der Waals surface area contributed by atoms with E-state index in [0.29, 0.717) is 23.7 Å². The molecule has 0 unspecified atom stereocenters. The number of carbonyl (C=O) groups is 1. The summed E-state index contributed by atoms with van der Waals surface area (Å²) in [6.07, 6.45) is 13.0. The van der Waals surface area contributed by atoms with Gasteiger partial charge in [0.25, 0.3) is 5.91 Å². The molecule has 1 heterocycles. The lowest BCUT2D eigenvalue weighted by molar-refractivity contribution is 0.102. The minimum Gasteiger partial charge on any atom is -0.398 e. The van der Waals surface area contributed by atoms with Crippen molar-refractivity contribution in [1.82, 2.24) is 0 Å². The molecule has 2 aliphatic rings. The summed E-state index contributed by atoms with van der Waals surface area (Å²) >= 11 is 1.72. The smallest absolute Gasteiger partial charge is 0.255 e. The van der Waals surface area contributed by atoms with E-state index in [4.69, 9.17) is 11.5 Å². The number of thiophene rings is 1. The number of rotatable bonds is 5. The van der Waals surface area contributed by atoms with Gasteiger partial charge in [0.2, 0.25) is 0 Å². The van der Waals surface area contributed by atoms with Crippen LogP contribution in [0, 0.1) is 0 Å². The minimum atomic E-state index is -0.141. The van der Waals surface area contributed by atoms with E-state index in [1.165, 1.54) is 48.1 Å². The highest BCUT2D eigenvalue weighted by Gasteiger charge is 2.19. The average molecular weight is 458 g/mol. The van der Waals surface area contributed by atoms with Crippen LogP contribution in [0.2, 0.25) is 0 Å². The predicted molar refractivity (Wildman–Crippen MR) is 140 cm³/mol. The molecule has 5 heteroatoms. The molecule has 0 bridgehead atoms. The second kappa shape index (κ2) is 9.54. The first-order valence-electron chi connectivity index (χ1n) is 12.0. The molecule has 33 heavy (non-hydrogen) atoms. The van der Waals surface area contributed by atoms with Gasteiger partial charge in [-0.1, -0.05) is 37.5 Å². The van der Waals surface area contributed by atoms with Crippen molar-refractivity contribution in [2.24, 2.45) is 5.73 Å². The zero-order valence-corrected chi connectivity index (χ0v) is 19.7. The molecule has 0 saturated heterocycles. The Morgan fingerprint density at radius 3 is 2.58 bits per heavy atom. The number of carbonyl (C=O) groups excluding carboxylic acids is 1. The van der Waals surface area contributed by atoms with E-state index in [9.17, 15) is 4.79 Å². The summed E-state index contributed by atoms with van der Waals surface area (Å²) in [7, 11) is 0. The number of benzene rings is 2. The molecular formula is C28H31N3OS. The van der Waals surface area contributed by atoms with Crippen LogP contribution in [-0.4, -0.2) is 5.91 Å². The number of allylic oxidation sites excluding steroid dienone is 1. The number of anilines is 2. The highest BCUT2D eigenvalue weighted by molar-refractivity contribution is 7.16. The number of nitrogens with two attached hydrogens (primary N) is 2. The molecule has 2 aliphatic carbocycles. The Labute approximate surface area is 199 Å². The first-order chi connectivity index (χ1) is 16.1. The molecule has 1 aromatic heterocycles. The van der Waals surface area contributed by atoms with Crippen molar-refractivity contribution in [3.8, 4) is 10.4 Å². The van der Waals surface area contributed by atoms with E-state index in [-0.39, 0.29) is 5.91 Å². The van der Waals surface area contributed by atoms with Crippen LogP contribution in [0.25, 0.3) is 16.5 Å². The molecule has 5 rings (SSSR count). The molecule has 0 atom stereocenters. The Balaban J connectivity index is 1.39. The van der Waals surface area contributed by atoms with Crippen LogP contribution < -0.4 is 16.8 Å². The highest BCUT2D eigenvalue weighted by Crippen LogP contribution is 2.39. The summed E-state index contributed by atoms with van der Waals surface area (Å²) in [6, 6.07) is 14.3. The molecule has 4 nitrogen and oxygen atoms in total. The zero-order chi connectivity index (χ0) is 22.8. The Bertz CT molecular complexity index is 1190. The Kier molecular flexibility index (Phi) is 6.34. The number of nitrogen functional groups attached to an aromatic ring is 1. The zero-order valence-electron chi connectivity index (χ0n) is 18.9. The number of aryl methyl sites for hydroxylation is 1. The summed E-state index contributed by atoms with van der Waals surface area (Å²) in [5, 5.41) is 3.06. The topological polar surface area (TPSA) is 81.1 Å². The third-order valence-electron chi connectivity index (χ3n) is 6.95. The fraction of sp³-hybridized carbons (Fsp3) is 0.321. The number of amides is 1. The SMILES string of the molecule is NCc1cc(C(=O)Nc2ccc(C3CCCCC3)cc2)cc(-c2cc3c(s2)C=CCC3)c1N. The van der Waals surface area contributed by atoms with E-state index in [1.807, 2.05) is 24.3 Å². The van der Waals surface area contributed by atoms with E-state index in [1.54, 1.807) is 11.3 Å². The van der Waals surface area contributed by atoms with Gasteiger partial charge in [0.1, 0.15) is 0 Å². The highest BCUT2D eigenvalue weighted by atomic mass is 32.1. The van der Waals surface area contributed by atoms with Gasteiger partial charge in [-0.25, -0.2) is 0 Å². The van der Waals surface area contributed by atoms with Gasteiger partial charge in [0.15, 0.2) is 0 Å². The predicted octanol–water partition coefficient (Wildman–Crippen LogP) is 6.72. The fourth-order valence-corrected chi connectivity index (χ4v) is 6.21. The van der Waals surface area contributed by atoms with Crippen LogP contribution in [0.1, 0.15) is 76.4 Å². The van der Waals surface area contributed by atoms with E-state index >= 15 is 0 Å². The molecule has 0 radical (unpaired) electrons. The summed E-state index contributed by atoms with van der Waals surface area (Å²) < 4.78 is 0. The van der Waals surface area contributed by atoms with Crippen LogP contribution in [0.3, 0.4) is 0 Å². The Morgan fingerprint density at radius 2 is 1.85 bits per heavy atom. The van der Waals surface area contributed by atoms with Gasteiger partial charge in [-0.15, -0.1) is 11.3 Å². The lowest BCUT2D eigenvalue weighted by atomic mass is 9.84. The number of hydrogen-bond donors (Lipinski definition) is 3. The maximum atomic E-state index is 13.2. The molecular weight excluding hydrogens is 426 g/mol. The number of fused-ring (bicyclic) bond motifs is 1. The van der Waals surface area contributed by atoms with Crippen molar-refractivity contribution in [3.05, 3.63) is 75.7 Å². The first kappa shape index (κ1) is 21.9. The minimum absolute atomic E-state index is 0.141. The van der Waals surface area contributed by atoms with Crippen molar-refractivity contribution in [2.45, 2.75) is 57.4 Å². The van der Waals surface area contributed by atoms with Crippen molar-refractivity contribution in [2.75, 3.05) is 11.1 Å². The summed E-state index contributed by atoms with van der Waals surface area (Å²) in [5.41, 5.74) is 18.9. The van der Waals surface area contributed by atoms with Gasteiger partial charge in [0.05, 0.1) is 0 Å². The van der Waals surface area contributed by atoms with Crippen molar-refractivity contribution >= 4 is 34.7 Å². The Morgan fingerprint density at radius 1 is 1.06 bits per heavy atom. The quantitative estimate of drug-likeness (QED) is 0.372. The van der Waals surface area contributed by atoms with Gasteiger partial charge in [-0.05, 0) is 84.7 Å². The average Bonchev–Trinajstić information content (AvgIpc) is 3.29. The maximum absolute atomic E-state index is 13.2. The maximum Gasteiger partial charge on any atom is 0.255 e. The molecule has 0 aliphatic heterocycles. The molecule has 170 valence electrons. The first-order valence-corrected chi connectivity index (χ1v) is 12.8. The molecule has 3 aromatic rings. The van der Waals surface area contributed by atoms with Crippen LogP contribution in [0.5, 0.6) is 0 Å². The monoisotopic (exact) mass is 457 g/mol. The van der Waals surface area contributed by atoms with Crippen LogP contribution in [0.4, 0.5) is 11.4 Å². The number of nitrogens with one attached hydrogen (secondary N) is 1. The van der Waals surface area contributed by atoms with Crippen molar-refractivity contribution in [1.29, 1.82) is 0 Å². The van der Waals surface area contributed by atoms with Crippen molar-refractivity contribution in [3.63, 3.8) is 0 Å². The fourth-order valence-electron chi connectivity index (χ4n) is 5.04. The molecule has 0 spiro atoms. The molecule has 1 fully saturated rings. The molecule has 1 amide bonds. The second-order valence-corrected chi connectivity index (χ2v) is 10.2. The van der Waals surface area contributed by atoms with Gasteiger partial charge in [0, 0.05) is 38.8 Å². The van der Waals surface area contributed by atoms with Gasteiger partial charge >= 0.3 is 0 Å². The summed E-state index contributed by atoms with van der Waals surface area (Å²) in [4.78, 5) is 15.5. The van der Waals surface area contributed by atoms with Crippen LogP contribution in [-0.2, 0) is 13.0 Å². The van der Waals surface area contributed by atoms with E-state index in [0.717, 1.165) is 34.5 Å². The van der Waals surface area contributed by atoms with E-state index in [2.05, 4.69) is 35.7 Å². The Hall–Kier alpha value is -2.89. The normalized spacial score (nSPS) is 15.9. The van der Waals surface area contributed by atoms with Gasteiger partial charge < -0.3 is 16.8 Å². The van der Waals surface area contributed by atoms with Crippen LogP contribution in [0.15, 0.2) is 48.5 Å². The molecule has 2 aromatic carbocycles. The second-order valence-electron chi connectivity index (χ2n) is 9.15. The lowest BCUT2D eigenvalue weighted by Gasteiger charge is -2.22. The van der Waals surface area contributed by atoms with Gasteiger partial charge in [-0.3, -0.25) is 4.79 Å². The third kappa shape index (κ3) is 4.61. The van der Waals surface area contributed by atoms with Crippen molar-refractivity contribution < 1.29 is 4.79 Å². The summed E-state index contributed by atoms with van der Waals surface area (Å²) in [6.45, 7) is 0.293. The third-order valence-corrected chi connectivity index (χ3v) is 8.13. The molecule has 5 N–H and O–H groups in total. The lowest BCUT2D eigenvalue weighted by Crippen LogP contribution is -2.14.